The smallest absolute Gasteiger partial charge is 0.0541 e. The molecule has 0 amide bonds. The molecule has 10 aromatic rings. The third kappa shape index (κ3) is 4.57. The Kier molecular flexibility index (Phi) is 6.53. The molecule has 0 aliphatic rings. The molecule has 0 bridgehead atoms. The molecule has 0 aliphatic carbocycles. The van der Waals surface area contributed by atoms with E-state index in [0.717, 1.165) is 11.4 Å². The molecule has 0 saturated heterocycles. The fraction of sp³-hybridized carbons (Fsp3) is 0. The fourth-order valence-corrected chi connectivity index (χ4v) is 7.75. The number of aromatic nitrogens is 2. The van der Waals surface area contributed by atoms with E-state index in [-0.39, 0.29) is 0 Å². The SMILES string of the molecule is c1ccc(-c2cccc(-n3c4ccccc4c4cc(-c5ccc(-n6c7ccccc7c7cc(-c8ccccc8)ccc76)cc5)ccc43)c2)cc1. The van der Waals surface area contributed by atoms with Gasteiger partial charge in [-0.15, -0.1) is 0 Å². The van der Waals surface area contributed by atoms with Crippen LogP contribution in [-0.4, -0.2) is 9.13 Å². The van der Waals surface area contributed by atoms with E-state index in [2.05, 4.69) is 203 Å². The Morgan fingerprint density at radius 3 is 1.18 bits per heavy atom. The third-order valence-electron chi connectivity index (χ3n) is 10.1. The molecular formula is C48H32N2. The van der Waals surface area contributed by atoms with Crippen LogP contribution in [0.4, 0.5) is 0 Å². The summed E-state index contributed by atoms with van der Waals surface area (Å²) in [5.74, 6) is 0. The van der Waals surface area contributed by atoms with Gasteiger partial charge in [0.05, 0.1) is 22.1 Å². The van der Waals surface area contributed by atoms with Crippen LogP contribution >= 0.6 is 0 Å². The Bertz CT molecular complexity index is 2840. The van der Waals surface area contributed by atoms with Crippen molar-refractivity contribution in [3.05, 3.63) is 194 Å². The van der Waals surface area contributed by atoms with Gasteiger partial charge < -0.3 is 9.13 Å². The number of para-hydroxylation sites is 2. The molecule has 0 atom stereocenters. The van der Waals surface area contributed by atoms with Crippen molar-refractivity contribution in [1.29, 1.82) is 0 Å². The van der Waals surface area contributed by atoms with Crippen molar-refractivity contribution in [3.63, 3.8) is 0 Å². The van der Waals surface area contributed by atoms with Crippen LogP contribution in [0.1, 0.15) is 0 Å². The Morgan fingerprint density at radius 1 is 0.220 bits per heavy atom. The molecule has 0 saturated carbocycles. The zero-order valence-electron chi connectivity index (χ0n) is 27.4. The van der Waals surface area contributed by atoms with Crippen molar-refractivity contribution in [2.75, 3.05) is 0 Å². The minimum atomic E-state index is 1.16. The van der Waals surface area contributed by atoms with E-state index < -0.39 is 0 Å². The lowest BCUT2D eigenvalue weighted by Crippen LogP contribution is -1.94. The minimum absolute atomic E-state index is 1.16. The van der Waals surface area contributed by atoms with Gasteiger partial charge in [0.2, 0.25) is 0 Å². The van der Waals surface area contributed by atoms with E-state index in [1.807, 2.05) is 0 Å². The van der Waals surface area contributed by atoms with Crippen LogP contribution in [0.2, 0.25) is 0 Å². The van der Waals surface area contributed by atoms with Gasteiger partial charge in [-0.3, -0.25) is 0 Å². The van der Waals surface area contributed by atoms with Crippen molar-refractivity contribution < 1.29 is 0 Å². The summed E-state index contributed by atoms with van der Waals surface area (Å²) in [5.41, 5.74) is 14.5. The lowest BCUT2D eigenvalue weighted by Gasteiger charge is -2.11. The normalized spacial score (nSPS) is 11.6. The van der Waals surface area contributed by atoms with Crippen molar-refractivity contribution >= 4 is 43.6 Å². The number of benzene rings is 8. The highest BCUT2D eigenvalue weighted by Gasteiger charge is 2.16. The molecule has 2 nitrogen and oxygen atoms in total. The fourth-order valence-electron chi connectivity index (χ4n) is 7.75. The highest BCUT2D eigenvalue weighted by Crippen LogP contribution is 2.38. The van der Waals surface area contributed by atoms with Crippen LogP contribution in [0, 0.1) is 0 Å². The number of rotatable bonds is 5. The molecule has 0 unspecified atom stereocenters. The average molecular weight is 637 g/mol. The molecule has 234 valence electrons. The molecular weight excluding hydrogens is 605 g/mol. The monoisotopic (exact) mass is 636 g/mol. The highest BCUT2D eigenvalue weighted by atomic mass is 15.0. The van der Waals surface area contributed by atoms with Crippen LogP contribution in [-0.2, 0) is 0 Å². The van der Waals surface area contributed by atoms with Gasteiger partial charge in [-0.25, -0.2) is 0 Å². The van der Waals surface area contributed by atoms with Crippen molar-refractivity contribution in [2.45, 2.75) is 0 Å². The maximum atomic E-state index is 2.40. The molecule has 0 spiro atoms. The number of nitrogens with zero attached hydrogens (tertiary/aromatic N) is 2. The van der Waals surface area contributed by atoms with Gasteiger partial charge in [-0.05, 0) is 94.0 Å². The van der Waals surface area contributed by atoms with Gasteiger partial charge in [0.1, 0.15) is 0 Å². The molecule has 0 radical (unpaired) electrons. The Hall–Kier alpha value is -6.64. The second-order valence-corrected chi connectivity index (χ2v) is 13.0. The summed E-state index contributed by atoms with van der Waals surface area (Å²) in [7, 11) is 0. The van der Waals surface area contributed by atoms with Crippen molar-refractivity contribution in [2.24, 2.45) is 0 Å². The average Bonchev–Trinajstić information content (AvgIpc) is 3.71. The topological polar surface area (TPSA) is 9.86 Å². The summed E-state index contributed by atoms with van der Waals surface area (Å²) < 4.78 is 4.79. The number of hydrogen-bond acceptors (Lipinski definition) is 0. The zero-order valence-corrected chi connectivity index (χ0v) is 27.4. The number of fused-ring (bicyclic) bond motifs is 6. The first-order chi connectivity index (χ1) is 24.8. The largest absolute Gasteiger partial charge is 0.309 e. The molecule has 10 rings (SSSR count). The van der Waals surface area contributed by atoms with Crippen LogP contribution in [0.5, 0.6) is 0 Å². The molecule has 2 aromatic heterocycles. The van der Waals surface area contributed by atoms with E-state index in [1.165, 1.54) is 77.0 Å². The molecule has 0 aliphatic heterocycles. The van der Waals surface area contributed by atoms with Gasteiger partial charge in [0.25, 0.3) is 0 Å². The maximum absolute atomic E-state index is 2.40. The van der Waals surface area contributed by atoms with Crippen LogP contribution in [0.15, 0.2) is 194 Å². The lowest BCUT2D eigenvalue weighted by molar-refractivity contribution is 1.18. The van der Waals surface area contributed by atoms with Crippen molar-refractivity contribution in [3.8, 4) is 44.8 Å². The van der Waals surface area contributed by atoms with E-state index in [4.69, 9.17) is 0 Å². The zero-order chi connectivity index (χ0) is 33.0. The minimum Gasteiger partial charge on any atom is -0.309 e. The molecule has 0 N–H and O–H groups in total. The first-order valence-corrected chi connectivity index (χ1v) is 17.2. The summed E-state index contributed by atoms with van der Waals surface area (Å²) in [5, 5.41) is 5.04. The first kappa shape index (κ1) is 28.4. The van der Waals surface area contributed by atoms with Gasteiger partial charge in [-0.1, -0.05) is 133 Å². The summed E-state index contributed by atoms with van der Waals surface area (Å²) in [6.07, 6.45) is 0. The summed E-state index contributed by atoms with van der Waals surface area (Å²) >= 11 is 0. The van der Waals surface area contributed by atoms with E-state index in [1.54, 1.807) is 0 Å². The van der Waals surface area contributed by atoms with Crippen LogP contribution < -0.4 is 0 Å². The quantitative estimate of drug-likeness (QED) is 0.178. The van der Waals surface area contributed by atoms with Crippen molar-refractivity contribution in [1.82, 2.24) is 9.13 Å². The molecule has 2 heterocycles. The Morgan fingerprint density at radius 2 is 0.620 bits per heavy atom. The van der Waals surface area contributed by atoms with E-state index in [9.17, 15) is 0 Å². The second-order valence-electron chi connectivity index (χ2n) is 13.0. The lowest BCUT2D eigenvalue weighted by atomic mass is 10.0. The molecule has 0 fully saturated rings. The maximum Gasteiger partial charge on any atom is 0.0541 e. The predicted molar refractivity (Wildman–Crippen MR) is 211 cm³/mol. The van der Waals surface area contributed by atoms with Gasteiger partial charge in [-0.2, -0.15) is 0 Å². The third-order valence-corrected chi connectivity index (χ3v) is 10.1. The Balaban J connectivity index is 1.06. The van der Waals surface area contributed by atoms with E-state index >= 15 is 0 Å². The summed E-state index contributed by atoms with van der Waals surface area (Å²) in [6, 6.07) is 70.4. The summed E-state index contributed by atoms with van der Waals surface area (Å²) in [4.78, 5) is 0. The molecule has 2 heteroatoms. The molecule has 8 aromatic carbocycles. The van der Waals surface area contributed by atoms with Crippen LogP contribution in [0.3, 0.4) is 0 Å². The first-order valence-electron chi connectivity index (χ1n) is 17.2. The van der Waals surface area contributed by atoms with Gasteiger partial charge in [0.15, 0.2) is 0 Å². The second kappa shape index (κ2) is 11.5. The highest BCUT2D eigenvalue weighted by molar-refractivity contribution is 6.11. The Labute approximate surface area is 290 Å². The summed E-state index contributed by atoms with van der Waals surface area (Å²) in [6.45, 7) is 0. The standard InChI is InChI=1S/C48H32N2/c1-3-12-33(13-4-1)36-16-11-17-40(30-36)50-46-21-10-8-19-42(46)44-32-38(25-29-48(44)50)35-22-26-39(27-23-35)49-45-20-9-7-18-41(45)43-31-37(24-28-47(43)49)34-14-5-2-6-15-34/h1-32H. The van der Waals surface area contributed by atoms with Gasteiger partial charge in [0, 0.05) is 32.9 Å². The van der Waals surface area contributed by atoms with Gasteiger partial charge >= 0.3 is 0 Å². The van der Waals surface area contributed by atoms with Crippen LogP contribution in [0.25, 0.3) is 88.4 Å². The molecule has 50 heavy (non-hydrogen) atoms. The van der Waals surface area contributed by atoms with E-state index in [0.29, 0.717) is 0 Å². The number of hydrogen-bond donors (Lipinski definition) is 0. The predicted octanol–water partition coefficient (Wildman–Crippen LogP) is 12.9.